The lowest BCUT2D eigenvalue weighted by atomic mass is 9.92. The van der Waals surface area contributed by atoms with E-state index in [0.717, 1.165) is 81.6 Å². The van der Waals surface area contributed by atoms with Crippen LogP contribution in [0.3, 0.4) is 0 Å². The number of carboxylic acid groups (broad SMARTS) is 1. The molecule has 0 bridgehead atoms. The summed E-state index contributed by atoms with van der Waals surface area (Å²) in [6.45, 7) is 5.55. The van der Waals surface area contributed by atoms with E-state index in [0.29, 0.717) is 24.5 Å². The highest BCUT2D eigenvalue weighted by Gasteiger charge is 2.29. The standard InChI is InChI=1S/C41H40N2O4/c1-4-6-26-46-32-22-18-28(19-23-32)34-35-36(37(42-38(34)41(44)45)29-20-24-33(25-21-29)47-27-7-5-2)40(31-16-12-9-13-17-31)43(3)39(35)30-14-10-8-11-15-30/h8-25H,4-7,26-27H2,1-3H3,(H,44,45). The van der Waals surface area contributed by atoms with Crippen molar-refractivity contribution in [3.63, 3.8) is 0 Å². The molecule has 238 valence electrons. The maximum atomic E-state index is 13.2. The normalized spacial score (nSPS) is 11.1. The average Bonchev–Trinajstić information content (AvgIpc) is 3.41. The van der Waals surface area contributed by atoms with Gasteiger partial charge in [-0.25, -0.2) is 9.78 Å². The maximum absolute atomic E-state index is 13.2. The van der Waals surface area contributed by atoms with Crippen LogP contribution in [0.25, 0.3) is 55.7 Å². The third-order valence-electron chi connectivity index (χ3n) is 8.44. The molecule has 0 spiro atoms. The number of carbonyl (C=O) groups is 1. The molecule has 1 N–H and O–H groups in total. The molecule has 0 radical (unpaired) electrons. The molecular weight excluding hydrogens is 584 g/mol. The van der Waals surface area contributed by atoms with Crippen molar-refractivity contribution in [2.75, 3.05) is 13.2 Å². The molecule has 6 nitrogen and oxygen atoms in total. The number of pyridine rings is 1. The lowest BCUT2D eigenvalue weighted by Gasteiger charge is -2.15. The predicted octanol–water partition coefficient (Wildman–Crippen LogP) is 10.3. The van der Waals surface area contributed by atoms with Crippen molar-refractivity contribution in [3.05, 3.63) is 115 Å². The van der Waals surface area contributed by atoms with Crippen molar-refractivity contribution >= 4 is 16.7 Å². The van der Waals surface area contributed by atoms with Crippen LogP contribution in [0.15, 0.2) is 109 Å². The zero-order valence-electron chi connectivity index (χ0n) is 27.2. The Morgan fingerprint density at radius 1 is 0.638 bits per heavy atom. The van der Waals surface area contributed by atoms with Gasteiger partial charge in [-0.3, -0.25) is 0 Å². The maximum Gasteiger partial charge on any atom is 0.355 e. The van der Waals surface area contributed by atoms with Crippen molar-refractivity contribution in [2.45, 2.75) is 39.5 Å². The summed E-state index contributed by atoms with van der Waals surface area (Å²) >= 11 is 0. The Bertz CT molecular complexity index is 1960. The molecule has 2 heterocycles. The van der Waals surface area contributed by atoms with Crippen LogP contribution in [-0.2, 0) is 7.05 Å². The number of rotatable bonds is 13. The van der Waals surface area contributed by atoms with Gasteiger partial charge in [-0.1, -0.05) is 99.5 Å². The summed E-state index contributed by atoms with van der Waals surface area (Å²) in [6, 6.07) is 35.9. The summed E-state index contributed by atoms with van der Waals surface area (Å²) in [5.41, 5.74) is 6.63. The van der Waals surface area contributed by atoms with E-state index in [1.54, 1.807) is 0 Å². The largest absolute Gasteiger partial charge is 0.494 e. The van der Waals surface area contributed by atoms with Gasteiger partial charge in [0.15, 0.2) is 5.69 Å². The van der Waals surface area contributed by atoms with Gasteiger partial charge in [0.1, 0.15) is 11.5 Å². The van der Waals surface area contributed by atoms with Gasteiger partial charge in [0, 0.05) is 28.9 Å². The number of hydrogen-bond acceptors (Lipinski definition) is 4. The second-order valence-electron chi connectivity index (χ2n) is 11.7. The van der Waals surface area contributed by atoms with E-state index in [2.05, 4.69) is 42.7 Å². The first-order valence-corrected chi connectivity index (χ1v) is 16.4. The molecule has 0 fully saturated rings. The predicted molar refractivity (Wildman–Crippen MR) is 190 cm³/mol. The lowest BCUT2D eigenvalue weighted by molar-refractivity contribution is 0.0691. The molecule has 6 rings (SSSR count). The van der Waals surface area contributed by atoms with Gasteiger partial charge in [0.2, 0.25) is 0 Å². The Labute approximate surface area is 276 Å². The number of nitrogens with zero attached hydrogens (tertiary/aromatic N) is 2. The van der Waals surface area contributed by atoms with Crippen molar-refractivity contribution in [2.24, 2.45) is 7.05 Å². The van der Waals surface area contributed by atoms with Gasteiger partial charge in [-0.15, -0.1) is 0 Å². The number of benzene rings is 4. The van der Waals surface area contributed by atoms with Crippen molar-refractivity contribution in [3.8, 4) is 56.4 Å². The van der Waals surface area contributed by atoms with Crippen LogP contribution < -0.4 is 9.47 Å². The molecule has 0 saturated carbocycles. The third-order valence-corrected chi connectivity index (χ3v) is 8.44. The van der Waals surface area contributed by atoms with Gasteiger partial charge >= 0.3 is 5.97 Å². The number of ether oxygens (including phenoxy) is 2. The highest BCUT2D eigenvalue weighted by atomic mass is 16.5. The minimum atomic E-state index is -1.09. The van der Waals surface area contributed by atoms with Gasteiger partial charge in [0.05, 0.1) is 30.3 Å². The van der Waals surface area contributed by atoms with E-state index in [1.165, 1.54) is 0 Å². The minimum Gasteiger partial charge on any atom is -0.494 e. The Balaban J connectivity index is 1.68. The van der Waals surface area contributed by atoms with E-state index < -0.39 is 5.97 Å². The molecule has 2 aromatic heterocycles. The van der Waals surface area contributed by atoms with E-state index in [-0.39, 0.29) is 5.69 Å². The summed E-state index contributed by atoms with van der Waals surface area (Å²) in [7, 11) is 2.05. The fourth-order valence-corrected chi connectivity index (χ4v) is 6.11. The molecule has 0 aliphatic rings. The molecule has 6 aromatic rings. The number of aromatic carboxylic acids is 1. The van der Waals surface area contributed by atoms with Crippen LogP contribution in [0.2, 0.25) is 0 Å². The first-order valence-electron chi connectivity index (χ1n) is 16.4. The van der Waals surface area contributed by atoms with E-state index in [1.807, 2.05) is 92.0 Å². The second-order valence-corrected chi connectivity index (χ2v) is 11.7. The van der Waals surface area contributed by atoms with E-state index in [9.17, 15) is 9.90 Å². The summed E-state index contributed by atoms with van der Waals surface area (Å²) in [5, 5.41) is 12.5. The van der Waals surface area contributed by atoms with Gasteiger partial charge in [-0.05, 0) is 65.9 Å². The second kappa shape index (κ2) is 14.4. The molecule has 0 aliphatic carbocycles. The smallest absolute Gasteiger partial charge is 0.355 e. The molecular formula is C41H40N2O4. The topological polar surface area (TPSA) is 73.6 Å². The quantitative estimate of drug-likeness (QED) is 0.129. The van der Waals surface area contributed by atoms with Gasteiger partial charge in [-0.2, -0.15) is 0 Å². The van der Waals surface area contributed by atoms with Crippen LogP contribution in [0.1, 0.15) is 50.0 Å². The van der Waals surface area contributed by atoms with E-state index in [4.69, 9.17) is 14.5 Å². The number of fused-ring (bicyclic) bond motifs is 1. The van der Waals surface area contributed by atoms with Gasteiger partial charge in [0.25, 0.3) is 0 Å². The molecule has 47 heavy (non-hydrogen) atoms. The van der Waals surface area contributed by atoms with E-state index >= 15 is 0 Å². The summed E-state index contributed by atoms with van der Waals surface area (Å²) in [5.74, 6) is 0.439. The zero-order chi connectivity index (χ0) is 32.8. The number of hydrogen-bond donors (Lipinski definition) is 1. The van der Waals surface area contributed by atoms with Gasteiger partial charge < -0.3 is 19.1 Å². The first-order chi connectivity index (χ1) is 23.0. The highest BCUT2D eigenvalue weighted by Crippen LogP contribution is 2.48. The Hall–Kier alpha value is -5.36. The van der Waals surface area contributed by atoms with Crippen LogP contribution in [0, 0.1) is 0 Å². The van der Waals surface area contributed by atoms with Crippen molar-refractivity contribution in [1.29, 1.82) is 0 Å². The Morgan fingerprint density at radius 3 is 1.57 bits per heavy atom. The molecule has 0 unspecified atom stereocenters. The Morgan fingerprint density at radius 2 is 1.11 bits per heavy atom. The highest BCUT2D eigenvalue weighted by molar-refractivity contribution is 6.20. The fourth-order valence-electron chi connectivity index (χ4n) is 6.11. The third kappa shape index (κ3) is 6.50. The molecule has 6 heteroatoms. The molecule has 4 aromatic carbocycles. The monoisotopic (exact) mass is 624 g/mol. The summed E-state index contributed by atoms with van der Waals surface area (Å²) in [6.07, 6.45) is 4.05. The summed E-state index contributed by atoms with van der Waals surface area (Å²) < 4.78 is 14.1. The average molecular weight is 625 g/mol. The molecule has 0 amide bonds. The number of unbranched alkanes of at least 4 members (excludes halogenated alkanes) is 2. The first kappa shape index (κ1) is 31.6. The Kier molecular flexibility index (Phi) is 9.67. The summed E-state index contributed by atoms with van der Waals surface area (Å²) in [4.78, 5) is 18.1. The van der Waals surface area contributed by atoms with Crippen LogP contribution in [0.5, 0.6) is 11.5 Å². The number of aromatic nitrogens is 2. The van der Waals surface area contributed by atoms with Crippen molar-refractivity contribution in [1.82, 2.24) is 9.55 Å². The zero-order valence-corrected chi connectivity index (χ0v) is 27.2. The fraction of sp³-hybridized carbons (Fsp3) is 0.220. The van der Waals surface area contributed by atoms with Crippen LogP contribution in [-0.4, -0.2) is 33.8 Å². The number of carboxylic acids is 1. The molecule has 0 aliphatic heterocycles. The SMILES string of the molecule is CCCCOc1ccc(-c2nc(C(=O)O)c(-c3ccc(OCCCC)cc3)c3c(-c4ccccc4)n(C)c(-c4ccccc4)c23)cc1. The van der Waals surface area contributed by atoms with Crippen molar-refractivity contribution < 1.29 is 19.4 Å². The van der Waals surface area contributed by atoms with Crippen LogP contribution >= 0.6 is 0 Å². The molecule has 0 atom stereocenters. The lowest BCUT2D eigenvalue weighted by Crippen LogP contribution is -2.06. The van der Waals surface area contributed by atoms with Crippen LogP contribution in [0.4, 0.5) is 0 Å². The molecule has 0 saturated heterocycles. The minimum absolute atomic E-state index is 0.00202.